The van der Waals surface area contributed by atoms with E-state index in [2.05, 4.69) is 0 Å². The molecule has 0 fully saturated rings. The summed E-state index contributed by atoms with van der Waals surface area (Å²) >= 11 is 0. The molecule has 0 spiro atoms. The Kier molecular flexibility index (Phi) is 6.81. The number of halogens is 3. The third-order valence-corrected chi connectivity index (χ3v) is 5.99. The number of carboxylic acid groups (broad SMARTS) is 1. The number of aliphatic hydroxyl groups excluding tert-OH is 1. The van der Waals surface area contributed by atoms with E-state index in [-0.39, 0.29) is 39.9 Å². The molecule has 3 aromatic rings. The Balaban J connectivity index is 1.93. The largest absolute Gasteiger partial charge is 0.490 e. The highest BCUT2D eigenvalue weighted by Gasteiger charge is 2.45. The van der Waals surface area contributed by atoms with E-state index in [4.69, 9.17) is 9.47 Å². The zero-order valence-corrected chi connectivity index (χ0v) is 19.7. The number of benzene rings is 3. The normalized spacial score (nSPS) is 16.1. The SMILES string of the molecule is CCC(C(=O)O)c1ccc(N2C(=O)c3c(c(OC(C)C)c4ccccc4c3OC(F)F)C2O)c(F)c1. The van der Waals surface area contributed by atoms with E-state index in [9.17, 15) is 28.6 Å². The number of alkyl halides is 2. The molecular weight excluding hydrogens is 479 g/mol. The van der Waals surface area contributed by atoms with Gasteiger partial charge in [0, 0.05) is 10.8 Å². The fourth-order valence-corrected chi connectivity index (χ4v) is 4.52. The highest BCUT2D eigenvalue weighted by molar-refractivity contribution is 6.17. The molecule has 10 heteroatoms. The minimum absolute atomic E-state index is 0.0921. The topological polar surface area (TPSA) is 96.3 Å². The van der Waals surface area contributed by atoms with E-state index >= 15 is 4.39 Å². The first-order valence-corrected chi connectivity index (χ1v) is 11.3. The van der Waals surface area contributed by atoms with Crippen molar-refractivity contribution in [1.82, 2.24) is 0 Å². The third kappa shape index (κ3) is 4.21. The van der Waals surface area contributed by atoms with Crippen LogP contribution in [0.2, 0.25) is 0 Å². The van der Waals surface area contributed by atoms with Crippen molar-refractivity contribution < 1.29 is 42.4 Å². The number of aliphatic hydroxyl groups is 1. The molecule has 0 aliphatic carbocycles. The molecule has 190 valence electrons. The average molecular weight is 503 g/mol. The number of carboxylic acids is 1. The first kappa shape index (κ1) is 25.3. The molecule has 4 rings (SSSR count). The molecule has 2 N–H and O–H groups in total. The maximum atomic E-state index is 15.3. The number of hydrogen-bond acceptors (Lipinski definition) is 5. The van der Waals surface area contributed by atoms with Gasteiger partial charge in [0.15, 0.2) is 6.23 Å². The van der Waals surface area contributed by atoms with Gasteiger partial charge in [0.05, 0.1) is 28.8 Å². The summed E-state index contributed by atoms with van der Waals surface area (Å²) < 4.78 is 52.7. The van der Waals surface area contributed by atoms with Gasteiger partial charge in [-0.25, -0.2) is 4.39 Å². The fourth-order valence-electron chi connectivity index (χ4n) is 4.52. The lowest BCUT2D eigenvalue weighted by Gasteiger charge is -2.23. The van der Waals surface area contributed by atoms with Gasteiger partial charge in [0.2, 0.25) is 0 Å². The van der Waals surface area contributed by atoms with Crippen molar-refractivity contribution >= 4 is 28.3 Å². The lowest BCUT2D eigenvalue weighted by Crippen LogP contribution is -2.29. The van der Waals surface area contributed by atoms with Gasteiger partial charge in [0.1, 0.15) is 17.3 Å². The van der Waals surface area contributed by atoms with E-state index in [0.29, 0.717) is 5.39 Å². The second-order valence-electron chi connectivity index (χ2n) is 8.60. The van der Waals surface area contributed by atoms with Gasteiger partial charge < -0.3 is 19.7 Å². The van der Waals surface area contributed by atoms with Crippen molar-refractivity contribution in [2.24, 2.45) is 0 Å². The number of fused-ring (bicyclic) bond motifs is 2. The van der Waals surface area contributed by atoms with Crippen LogP contribution < -0.4 is 14.4 Å². The van der Waals surface area contributed by atoms with Crippen molar-refractivity contribution in [3.63, 3.8) is 0 Å². The van der Waals surface area contributed by atoms with Gasteiger partial charge in [-0.2, -0.15) is 8.78 Å². The number of carbonyl (C=O) groups is 2. The molecule has 0 saturated carbocycles. The van der Waals surface area contributed by atoms with E-state index in [1.165, 1.54) is 18.2 Å². The number of rotatable bonds is 8. The summed E-state index contributed by atoms with van der Waals surface area (Å²) in [4.78, 5) is 25.8. The first-order chi connectivity index (χ1) is 17.1. The maximum absolute atomic E-state index is 15.3. The number of nitrogens with zero attached hydrogens (tertiary/aromatic N) is 1. The Bertz CT molecular complexity index is 1340. The van der Waals surface area contributed by atoms with Crippen LogP contribution in [0.3, 0.4) is 0 Å². The summed E-state index contributed by atoms with van der Waals surface area (Å²) in [7, 11) is 0. The summed E-state index contributed by atoms with van der Waals surface area (Å²) in [5.74, 6) is -4.39. The number of amides is 1. The molecule has 36 heavy (non-hydrogen) atoms. The summed E-state index contributed by atoms with van der Waals surface area (Å²) in [6.07, 6.45) is -1.98. The van der Waals surface area contributed by atoms with Gasteiger partial charge in [-0.1, -0.05) is 37.3 Å². The third-order valence-electron chi connectivity index (χ3n) is 5.99. The van der Waals surface area contributed by atoms with Crippen molar-refractivity contribution in [2.75, 3.05) is 4.90 Å². The fraction of sp³-hybridized carbons (Fsp3) is 0.308. The number of carbonyl (C=O) groups excluding carboxylic acids is 1. The predicted octanol–water partition coefficient (Wildman–Crippen LogP) is 5.60. The first-order valence-electron chi connectivity index (χ1n) is 11.3. The molecule has 2 unspecified atom stereocenters. The molecule has 3 aromatic carbocycles. The quantitative estimate of drug-likeness (QED) is 0.416. The van der Waals surface area contributed by atoms with Gasteiger partial charge >= 0.3 is 12.6 Å². The molecule has 1 amide bonds. The van der Waals surface area contributed by atoms with Crippen LogP contribution in [0.4, 0.5) is 18.9 Å². The molecule has 0 aromatic heterocycles. The van der Waals surface area contributed by atoms with E-state index in [1.807, 2.05) is 0 Å². The number of aliphatic carboxylic acids is 1. The number of anilines is 1. The Morgan fingerprint density at radius 2 is 1.72 bits per heavy atom. The number of ether oxygens (including phenoxy) is 2. The molecule has 0 radical (unpaired) electrons. The van der Waals surface area contributed by atoms with Crippen LogP contribution in [0.5, 0.6) is 11.5 Å². The van der Waals surface area contributed by atoms with Gasteiger partial charge in [-0.3, -0.25) is 14.5 Å². The summed E-state index contributed by atoms with van der Waals surface area (Å²) in [5.41, 5.74) is -0.655. The second kappa shape index (κ2) is 9.69. The van der Waals surface area contributed by atoms with Gasteiger partial charge in [-0.05, 0) is 38.0 Å². The Hall–Kier alpha value is -3.79. The Morgan fingerprint density at radius 3 is 2.25 bits per heavy atom. The van der Waals surface area contributed by atoms with Crippen molar-refractivity contribution in [3.05, 3.63) is 65.0 Å². The van der Waals surface area contributed by atoms with E-state index in [0.717, 1.165) is 11.0 Å². The maximum Gasteiger partial charge on any atom is 0.387 e. The predicted molar refractivity (Wildman–Crippen MR) is 125 cm³/mol. The highest BCUT2D eigenvalue weighted by atomic mass is 19.3. The molecule has 1 heterocycles. The summed E-state index contributed by atoms with van der Waals surface area (Å²) in [5, 5.41) is 21.1. The Labute approximate surface area is 204 Å². The lowest BCUT2D eigenvalue weighted by atomic mass is 9.96. The molecule has 1 aliphatic rings. The summed E-state index contributed by atoms with van der Waals surface area (Å²) in [6.45, 7) is 1.81. The number of hydrogen-bond donors (Lipinski definition) is 2. The standard InChI is InChI=1S/C26H24F3NO6/c1-4-14(25(33)34)13-9-10-18(17(27)11-13)30-23(31)19-20(24(30)32)22(36-26(28)29)16-8-6-5-7-15(16)21(19)35-12(2)3/h5-12,14,23,26,31H,4H2,1-3H3,(H,33,34). The minimum Gasteiger partial charge on any atom is -0.490 e. The molecule has 1 aliphatic heterocycles. The second-order valence-corrected chi connectivity index (χ2v) is 8.60. The van der Waals surface area contributed by atoms with E-state index in [1.54, 1.807) is 39.0 Å². The molecule has 7 nitrogen and oxygen atoms in total. The molecule has 0 bridgehead atoms. The highest BCUT2D eigenvalue weighted by Crippen LogP contribution is 2.51. The van der Waals surface area contributed by atoms with Crippen LogP contribution in [0.25, 0.3) is 10.8 Å². The van der Waals surface area contributed by atoms with Gasteiger partial charge in [-0.15, -0.1) is 0 Å². The average Bonchev–Trinajstić information content (AvgIpc) is 3.06. The van der Waals surface area contributed by atoms with Crippen LogP contribution in [0.1, 0.15) is 60.8 Å². The summed E-state index contributed by atoms with van der Waals surface area (Å²) in [6, 6.07) is 9.79. The Morgan fingerprint density at radius 1 is 1.08 bits per heavy atom. The van der Waals surface area contributed by atoms with E-state index < -0.39 is 48.3 Å². The smallest absolute Gasteiger partial charge is 0.387 e. The van der Waals surface area contributed by atoms with Crippen molar-refractivity contribution in [3.8, 4) is 11.5 Å². The van der Waals surface area contributed by atoms with Crippen molar-refractivity contribution in [1.29, 1.82) is 0 Å². The minimum atomic E-state index is -3.27. The zero-order valence-electron chi connectivity index (χ0n) is 19.7. The van der Waals surface area contributed by atoms with Crippen LogP contribution in [0.15, 0.2) is 42.5 Å². The van der Waals surface area contributed by atoms with Crippen LogP contribution in [-0.2, 0) is 4.79 Å². The molecular formula is C26H24F3NO6. The van der Waals surface area contributed by atoms with Gasteiger partial charge in [0.25, 0.3) is 5.91 Å². The zero-order chi connectivity index (χ0) is 26.3. The lowest BCUT2D eigenvalue weighted by molar-refractivity contribution is -0.138. The van der Waals surface area contributed by atoms with Crippen molar-refractivity contribution in [2.45, 2.75) is 52.1 Å². The molecule has 2 atom stereocenters. The van der Waals surface area contributed by atoms with Crippen LogP contribution in [-0.4, -0.2) is 34.8 Å². The van der Waals surface area contributed by atoms with Crippen LogP contribution >= 0.6 is 0 Å². The van der Waals surface area contributed by atoms with Crippen LogP contribution in [0, 0.1) is 5.82 Å². The molecule has 0 saturated heterocycles. The monoisotopic (exact) mass is 503 g/mol.